The van der Waals surface area contributed by atoms with Crippen LogP contribution in [0.15, 0.2) is 88.3 Å². The first-order valence-corrected chi connectivity index (χ1v) is 12.8. The number of amides is 3. The molecule has 4 rings (SSSR count). The summed E-state index contributed by atoms with van der Waals surface area (Å²) in [5.74, 6) is -0.631. The molecule has 0 unspecified atom stereocenters. The fourth-order valence-electron chi connectivity index (χ4n) is 4.24. The van der Waals surface area contributed by atoms with Crippen LogP contribution in [0, 0.1) is 18.7 Å². The number of benzene rings is 3. The number of para-hydroxylation sites is 1. The van der Waals surface area contributed by atoms with E-state index in [1.807, 2.05) is 45.0 Å². The van der Waals surface area contributed by atoms with E-state index < -0.39 is 6.03 Å². The molecule has 3 aromatic carbocycles. The molecule has 0 spiro atoms. The van der Waals surface area contributed by atoms with Gasteiger partial charge in [-0.2, -0.15) is 0 Å². The molecule has 8 heteroatoms. The van der Waals surface area contributed by atoms with Gasteiger partial charge in [0.2, 0.25) is 5.91 Å². The molecule has 202 valence electrons. The Balaban J connectivity index is 1.59. The summed E-state index contributed by atoms with van der Waals surface area (Å²) in [7, 11) is 0. The van der Waals surface area contributed by atoms with Crippen LogP contribution >= 0.6 is 0 Å². The number of nitrogens with zero attached hydrogens (tertiary/aromatic N) is 2. The van der Waals surface area contributed by atoms with Gasteiger partial charge in [-0.1, -0.05) is 55.8 Å². The molecule has 0 saturated carbocycles. The van der Waals surface area contributed by atoms with Crippen LogP contribution in [0.2, 0.25) is 0 Å². The summed E-state index contributed by atoms with van der Waals surface area (Å²) in [6.45, 7) is 6.14. The summed E-state index contributed by atoms with van der Waals surface area (Å²) in [5, 5.41) is 3.28. The lowest BCUT2D eigenvalue weighted by Gasteiger charge is -2.29. The number of nitrogens with one attached hydrogen (secondary N) is 1. The van der Waals surface area contributed by atoms with Crippen molar-refractivity contribution in [3.05, 3.63) is 112 Å². The summed E-state index contributed by atoms with van der Waals surface area (Å²) in [6, 6.07) is 19.8. The van der Waals surface area contributed by atoms with Crippen molar-refractivity contribution in [2.24, 2.45) is 5.92 Å². The molecule has 1 N–H and O–H groups in total. The predicted molar refractivity (Wildman–Crippen MR) is 150 cm³/mol. The van der Waals surface area contributed by atoms with E-state index in [4.69, 9.17) is 4.42 Å². The van der Waals surface area contributed by atoms with Gasteiger partial charge in [-0.05, 0) is 54.8 Å². The van der Waals surface area contributed by atoms with E-state index in [2.05, 4.69) is 5.32 Å². The average Bonchev–Trinajstić information content (AvgIpc) is 2.91. The van der Waals surface area contributed by atoms with Gasteiger partial charge in [0.15, 0.2) is 5.43 Å². The summed E-state index contributed by atoms with van der Waals surface area (Å²) < 4.78 is 19.2. The molecule has 0 aliphatic heterocycles. The second-order valence-corrected chi connectivity index (χ2v) is 10.0. The number of fused-ring (bicyclic) bond motifs is 1. The first kappa shape index (κ1) is 27.6. The predicted octanol–water partition coefficient (Wildman–Crippen LogP) is 5.96. The Morgan fingerprint density at radius 3 is 2.31 bits per heavy atom. The summed E-state index contributed by atoms with van der Waals surface area (Å²) in [4.78, 5) is 43.0. The summed E-state index contributed by atoms with van der Waals surface area (Å²) in [6.07, 6.45) is 1.37. The molecule has 0 aliphatic rings. The van der Waals surface area contributed by atoms with E-state index in [9.17, 15) is 18.8 Å². The molecule has 3 amide bonds. The number of anilines is 1. The Hall–Kier alpha value is -4.46. The monoisotopic (exact) mass is 529 g/mol. The van der Waals surface area contributed by atoms with Crippen LogP contribution in [0.3, 0.4) is 0 Å². The van der Waals surface area contributed by atoms with Gasteiger partial charge >= 0.3 is 6.03 Å². The van der Waals surface area contributed by atoms with Crippen molar-refractivity contribution in [1.29, 1.82) is 0 Å². The maximum Gasteiger partial charge on any atom is 0.322 e. The number of carbonyl (C=O) groups excluding carboxylic acids is 2. The number of hydrogen-bond acceptors (Lipinski definition) is 4. The van der Waals surface area contributed by atoms with E-state index in [0.29, 0.717) is 34.3 Å². The molecule has 0 fully saturated rings. The number of hydrogen-bond donors (Lipinski definition) is 1. The minimum atomic E-state index is -0.396. The standard InChI is InChI=1S/C31H32FN3O4/c1-21(2)16-35(31(38)33-26-14-8-22(3)9-15-26)19-29(36)34(17-23-10-12-25(32)13-11-23)18-24-20-39-28-7-5-4-6-27(28)30(24)37/h4-15,20-21H,16-19H2,1-3H3,(H,33,38). The lowest BCUT2D eigenvalue weighted by atomic mass is 10.1. The van der Waals surface area contributed by atoms with Crippen molar-refractivity contribution in [2.75, 3.05) is 18.4 Å². The van der Waals surface area contributed by atoms with E-state index in [1.54, 1.807) is 36.4 Å². The lowest BCUT2D eigenvalue weighted by molar-refractivity contribution is -0.133. The molecule has 39 heavy (non-hydrogen) atoms. The zero-order valence-electron chi connectivity index (χ0n) is 22.3. The third-order valence-electron chi connectivity index (χ3n) is 6.25. The lowest BCUT2D eigenvalue weighted by Crippen LogP contribution is -2.45. The first-order valence-electron chi connectivity index (χ1n) is 12.8. The van der Waals surface area contributed by atoms with E-state index in [1.165, 1.54) is 28.2 Å². The quantitative estimate of drug-likeness (QED) is 0.290. The van der Waals surface area contributed by atoms with E-state index >= 15 is 0 Å². The van der Waals surface area contributed by atoms with Gasteiger partial charge in [-0.15, -0.1) is 0 Å². The average molecular weight is 530 g/mol. The minimum Gasteiger partial charge on any atom is -0.464 e. The van der Waals surface area contributed by atoms with Gasteiger partial charge in [-0.25, -0.2) is 9.18 Å². The Morgan fingerprint density at radius 2 is 1.62 bits per heavy atom. The minimum absolute atomic E-state index is 0.0293. The number of urea groups is 1. The fourth-order valence-corrected chi connectivity index (χ4v) is 4.24. The number of carbonyl (C=O) groups is 2. The fraction of sp³-hybridized carbons (Fsp3) is 0.258. The molecule has 7 nitrogen and oxygen atoms in total. The van der Waals surface area contributed by atoms with Crippen LogP contribution in [0.25, 0.3) is 11.0 Å². The van der Waals surface area contributed by atoms with Gasteiger partial charge in [0.05, 0.1) is 23.8 Å². The highest BCUT2D eigenvalue weighted by Gasteiger charge is 2.24. The Bertz CT molecular complexity index is 1500. The van der Waals surface area contributed by atoms with E-state index in [0.717, 1.165) is 5.56 Å². The topological polar surface area (TPSA) is 82.9 Å². The molecule has 0 saturated heterocycles. The van der Waals surface area contributed by atoms with Crippen LogP contribution in [0.4, 0.5) is 14.9 Å². The molecular formula is C31H32FN3O4. The van der Waals surface area contributed by atoms with Gasteiger partial charge < -0.3 is 19.5 Å². The van der Waals surface area contributed by atoms with E-state index in [-0.39, 0.29) is 42.7 Å². The molecule has 0 aliphatic carbocycles. The van der Waals surface area contributed by atoms with Crippen molar-refractivity contribution in [2.45, 2.75) is 33.9 Å². The number of rotatable bonds is 9. The number of aryl methyl sites for hydroxylation is 1. The molecule has 1 heterocycles. The zero-order chi connectivity index (χ0) is 27.9. The van der Waals surface area contributed by atoms with Crippen LogP contribution < -0.4 is 10.7 Å². The Kier molecular flexibility index (Phi) is 8.76. The second kappa shape index (κ2) is 12.4. The van der Waals surface area contributed by atoms with Crippen LogP contribution in [-0.4, -0.2) is 34.8 Å². The van der Waals surface area contributed by atoms with Crippen LogP contribution in [0.5, 0.6) is 0 Å². The molecule has 0 bridgehead atoms. The van der Waals surface area contributed by atoms with Gasteiger partial charge in [0.25, 0.3) is 0 Å². The molecular weight excluding hydrogens is 497 g/mol. The molecule has 1 aromatic heterocycles. The normalized spacial score (nSPS) is 11.0. The first-order chi connectivity index (χ1) is 18.7. The molecule has 0 atom stereocenters. The zero-order valence-corrected chi connectivity index (χ0v) is 22.3. The SMILES string of the molecule is Cc1ccc(NC(=O)N(CC(=O)N(Cc2ccc(F)cc2)Cc2coc3ccccc3c2=O)CC(C)C)cc1. The summed E-state index contributed by atoms with van der Waals surface area (Å²) >= 11 is 0. The third-order valence-corrected chi connectivity index (χ3v) is 6.25. The van der Waals surface area contributed by atoms with Gasteiger partial charge in [0.1, 0.15) is 17.9 Å². The van der Waals surface area contributed by atoms with Gasteiger partial charge in [-0.3, -0.25) is 9.59 Å². The van der Waals surface area contributed by atoms with Gasteiger partial charge in [0, 0.05) is 18.8 Å². The Morgan fingerprint density at radius 1 is 0.923 bits per heavy atom. The van der Waals surface area contributed by atoms with Crippen LogP contribution in [0.1, 0.15) is 30.5 Å². The maximum atomic E-state index is 13.7. The van der Waals surface area contributed by atoms with Crippen molar-refractivity contribution in [1.82, 2.24) is 9.80 Å². The smallest absolute Gasteiger partial charge is 0.322 e. The van der Waals surface area contributed by atoms with Crippen LogP contribution in [-0.2, 0) is 17.9 Å². The highest BCUT2D eigenvalue weighted by Crippen LogP contribution is 2.16. The highest BCUT2D eigenvalue weighted by molar-refractivity contribution is 5.92. The second-order valence-electron chi connectivity index (χ2n) is 10.0. The number of halogens is 1. The summed E-state index contributed by atoms with van der Waals surface area (Å²) in [5.41, 5.74) is 2.92. The largest absolute Gasteiger partial charge is 0.464 e. The van der Waals surface area contributed by atoms with Crippen molar-refractivity contribution in [3.63, 3.8) is 0 Å². The van der Waals surface area contributed by atoms with Crippen molar-refractivity contribution < 1.29 is 18.4 Å². The van der Waals surface area contributed by atoms with Crippen molar-refractivity contribution in [3.8, 4) is 0 Å². The third kappa shape index (κ3) is 7.31. The maximum absolute atomic E-state index is 13.7. The Labute approximate surface area is 226 Å². The molecule has 4 aromatic rings. The van der Waals surface area contributed by atoms with Crippen molar-refractivity contribution >= 4 is 28.6 Å². The highest BCUT2D eigenvalue weighted by atomic mass is 19.1. The molecule has 0 radical (unpaired) electrons.